The number of nitrogens with one attached hydrogen (secondary N) is 4. The van der Waals surface area contributed by atoms with Gasteiger partial charge in [-0.2, -0.15) is 11.1 Å². The maximum atomic E-state index is 4.80. The fourth-order valence-corrected chi connectivity index (χ4v) is 3.47. The Balaban J connectivity index is 1.89. The van der Waals surface area contributed by atoms with Crippen molar-refractivity contribution in [3.63, 3.8) is 0 Å². The van der Waals surface area contributed by atoms with E-state index in [1.807, 2.05) is 12.4 Å². The average Bonchev–Trinajstić information content (AvgIpc) is 3.38. The third kappa shape index (κ3) is 3.04. The summed E-state index contributed by atoms with van der Waals surface area (Å²) in [6.07, 6.45) is 2.96. The zero-order valence-electron chi connectivity index (χ0n) is 15.0. The first-order chi connectivity index (χ1) is 12.8. The quantitative estimate of drug-likeness (QED) is 0.571. The van der Waals surface area contributed by atoms with Crippen molar-refractivity contribution in [1.29, 1.82) is 0 Å². The van der Waals surface area contributed by atoms with E-state index in [4.69, 9.17) is 4.98 Å². The van der Waals surface area contributed by atoms with Crippen molar-refractivity contribution in [2.75, 3.05) is 0 Å². The number of nitrogens with zero attached hydrogens (tertiary/aromatic N) is 2. The number of hydrogen-bond acceptors (Lipinski definition) is 5. The predicted octanol–water partition coefficient (Wildman–Crippen LogP) is 2.78. The molecule has 1 atom stereocenters. The van der Waals surface area contributed by atoms with E-state index in [1.165, 1.54) is 11.1 Å². The SMILES string of the molecule is CCc1ccccc1-c1c(-c2ccccc2)ncn1C(C)C1NNNN1. The van der Waals surface area contributed by atoms with Gasteiger partial charge in [-0.05, 0) is 18.9 Å². The van der Waals surface area contributed by atoms with E-state index in [0.717, 1.165) is 23.4 Å². The van der Waals surface area contributed by atoms with Gasteiger partial charge in [0.1, 0.15) is 6.17 Å². The molecule has 0 radical (unpaired) electrons. The molecule has 0 saturated carbocycles. The van der Waals surface area contributed by atoms with E-state index < -0.39 is 0 Å². The molecule has 0 bridgehead atoms. The van der Waals surface area contributed by atoms with Crippen LogP contribution in [0.4, 0.5) is 0 Å². The molecule has 0 spiro atoms. The number of benzene rings is 2. The highest BCUT2D eigenvalue weighted by atomic mass is 15.8. The van der Waals surface area contributed by atoms with Crippen LogP contribution in [0, 0.1) is 0 Å². The van der Waals surface area contributed by atoms with Crippen LogP contribution in [0.2, 0.25) is 0 Å². The topological polar surface area (TPSA) is 65.9 Å². The molecule has 6 heteroatoms. The van der Waals surface area contributed by atoms with Gasteiger partial charge in [-0.3, -0.25) is 0 Å². The molecular formula is C20H24N6. The van der Waals surface area contributed by atoms with Crippen molar-refractivity contribution < 1.29 is 0 Å². The van der Waals surface area contributed by atoms with Crippen molar-refractivity contribution >= 4 is 0 Å². The summed E-state index contributed by atoms with van der Waals surface area (Å²) in [4.78, 5) is 4.80. The maximum absolute atomic E-state index is 4.80. The molecule has 2 aromatic carbocycles. The molecule has 1 saturated heterocycles. The lowest BCUT2D eigenvalue weighted by atomic mass is 9.98. The lowest BCUT2D eigenvalue weighted by Crippen LogP contribution is -2.40. The Kier molecular flexibility index (Phi) is 4.81. The van der Waals surface area contributed by atoms with Gasteiger partial charge in [0.05, 0.1) is 23.8 Å². The van der Waals surface area contributed by atoms with Gasteiger partial charge in [-0.1, -0.05) is 61.5 Å². The second kappa shape index (κ2) is 7.39. The monoisotopic (exact) mass is 348 g/mol. The molecule has 134 valence electrons. The highest BCUT2D eigenvalue weighted by Crippen LogP contribution is 2.35. The largest absolute Gasteiger partial charge is 0.324 e. The van der Waals surface area contributed by atoms with Crippen LogP contribution in [-0.2, 0) is 6.42 Å². The first kappa shape index (κ1) is 16.9. The molecule has 2 heterocycles. The van der Waals surface area contributed by atoms with Crippen molar-refractivity contribution in [2.45, 2.75) is 32.5 Å². The molecular weight excluding hydrogens is 324 g/mol. The van der Waals surface area contributed by atoms with Crippen molar-refractivity contribution in [3.05, 3.63) is 66.5 Å². The van der Waals surface area contributed by atoms with E-state index in [9.17, 15) is 0 Å². The zero-order valence-corrected chi connectivity index (χ0v) is 15.0. The molecule has 0 amide bonds. The standard InChI is InChI=1S/C20H24N6/c1-3-15-9-7-8-12-17(15)19-18(16-10-5-4-6-11-16)21-13-26(19)14(2)20-22-24-25-23-20/h4-14,20,22-25H,3H2,1-2H3. The van der Waals surface area contributed by atoms with Gasteiger partial charge >= 0.3 is 0 Å². The molecule has 4 N–H and O–H groups in total. The second-order valence-corrected chi connectivity index (χ2v) is 6.48. The molecule has 26 heavy (non-hydrogen) atoms. The third-order valence-electron chi connectivity index (χ3n) is 4.93. The first-order valence-electron chi connectivity index (χ1n) is 9.01. The highest BCUT2D eigenvalue weighted by Gasteiger charge is 2.26. The first-order valence-corrected chi connectivity index (χ1v) is 9.01. The summed E-state index contributed by atoms with van der Waals surface area (Å²) in [7, 11) is 0. The minimum atomic E-state index is 0.0420. The van der Waals surface area contributed by atoms with E-state index >= 15 is 0 Å². The third-order valence-corrected chi connectivity index (χ3v) is 4.93. The van der Waals surface area contributed by atoms with Gasteiger partial charge in [0.2, 0.25) is 0 Å². The molecule has 1 fully saturated rings. The Morgan fingerprint density at radius 3 is 2.42 bits per heavy atom. The summed E-state index contributed by atoms with van der Waals surface area (Å²) in [6.45, 7) is 4.37. The normalized spacial score (nSPS) is 16.1. The second-order valence-electron chi connectivity index (χ2n) is 6.48. The van der Waals surface area contributed by atoms with Gasteiger partial charge < -0.3 is 4.57 Å². The summed E-state index contributed by atoms with van der Waals surface area (Å²) in [5.74, 6) is 0. The minimum Gasteiger partial charge on any atom is -0.324 e. The molecule has 4 rings (SSSR count). The van der Waals surface area contributed by atoms with Gasteiger partial charge in [0, 0.05) is 11.1 Å². The minimum absolute atomic E-state index is 0.0420. The molecule has 1 aromatic heterocycles. The number of imidazole rings is 1. The van der Waals surface area contributed by atoms with Crippen LogP contribution >= 0.6 is 0 Å². The van der Waals surface area contributed by atoms with Gasteiger partial charge in [-0.15, -0.1) is 0 Å². The number of rotatable bonds is 5. The Morgan fingerprint density at radius 2 is 1.69 bits per heavy atom. The maximum Gasteiger partial charge on any atom is 0.106 e. The Hall–Kier alpha value is -2.51. The number of hydrogen-bond donors (Lipinski definition) is 4. The van der Waals surface area contributed by atoms with Gasteiger partial charge in [0.25, 0.3) is 0 Å². The molecule has 1 aliphatic rings. The summed E-state index contributed by atoms with van der Waals surface area (Å²) >= 11 is 0. The summed E-state index contributed by atoms with van der Waals surface area (Å²) < 4.78 is 2.25. The Morgan fingerprint density at radius 1 is 1.00 bits per heavy atom. The lowest BCUT2D eigenvalue weighted by Gasteiger charge is -2.23. The van der Waals surface area contributed by atoms with Crippen LogP contribution in [0.1, 0.15) is 25.5 Å². The van der Waals surface area contributed by atoms with Crippen LogP contribution in [-0.4, -0.2) is 15.7 Å². The summed E-state index contributed by atoms with van der Waals surface area (Å²) in [5, 5.41) is 0. The highest BCUT2D eigenvalue weighted by molar-refractivity contribution is 5.80. The van der Waals surface area contributed by atoms with Crippen molar-refractivity contribution in [2.24, 2.45) is 0 Å². The van der Waals surface area contributed by atoms with E-state index in [0.29, 0.717) is 0 Å². The molecule has 3 aromatic rings. The van der Waals surface area contributed by atoms with E-state index in [1.54, 1.807) is 0 Å². The van der Waals surface area contributed by atoms with Crippen LogP contribution in [0.15, 0.2) is 60.9 Å². The predicted molar refractivity (Wildman–Crippen MR) is 104 cm³/mol. The fraction of sp³-hybridized carbons (Fsp3) is 0.250. The zero-order chi connectivity index (χ0) is 17.9. The van der Waals surface area contributed by atoms with Crippen LogP contribution in [0.5, 0.6) is 0 Å². The molecule has 1 unspecified atom stereocenters. The lowest BCUT2D eigenvalue weighted by molar-refractivity contribution is 0.368. The van der Waals surface area contributed by atoms with Gasteiger partial charge in [0.15, 0.2) is 0 Å². The van der Waals surface area contributed by atoms with Crippen LogP contribution in [0.25, 0.3) is 22.5 Å². The van der Waals surface area contributed by atoms with Crippen LogP contribution in [0.3, 0.4) is 0 Å². The van der Waals surface area contributed by atoms with Crippen molar-refractivity contribution in [3.8, 4) is 22.5 Å². The summed E-state index contributed by atoms with van der Waals surface area (Å²) in [5.41, 5.74) is 18.0. The number of aryl methyl sites for hydroxylation is 1. The smallest absolute Gasteiger partial charge is 0.106 e. The number of aromatic nitrogens is 2. The van der Waals surface area contributed by atoms with E-state index in [-0.39, 0.29) is 12.2 Å². The Labute approximate surface area is 153 Å². The van der Waals surface area contributed by atoms with Crippen LogP contribution < -0.4 is 21.9 Å². The van der Waals surface area contributed by atoms with Crippen molar-refractivity contribution in [1.82, 2.24) is 31.5 Å². The fourth-order valence-electron chi connectivity index (χ4n) is 3.47. The molecule has 0 aliphatic carbocycles. The molecule has 6 nitrogen and oxygen atoms in total. The van der Waals surface area contributed by atoms with E-state index in [2.05, 4.69) is 88.9 Å². The average molecular weight is 348 g/mol. The number of hydrazine groups is 3. The molecule has 1 aliphatic heterocycles. The van der Waals surface area contributed by atoms with Gasteiger partial charge in [-0.25, -0.2) is 15.8 Å². The Bertz CT molecular complexity index is 867. The summed E-state index contributed by atoms with van der Waals surface area (Å²) in [6, 6.07) is 19.1.